The molecule has 0 aromatic carbocycles. The zero-order valence-corrected chi connectivity index (χ0v) is 11.8. The Morgan fingerprint density at radius 2 is 1.94 bits per heavy atom. The SMILES string of the molecule is CC(=O)C(N)CCCN=C(N)[NH2+]C(C)(C)C.[CH3-]. The van der Waals surface area contributed by atoms with E-state index in [4.69, 9.17) is 11.5 Å². The number of nitrogens with zero attached hydrogens (tertiary/aromatic N) is 1. The van der Waals surface area contributed by atoms with Crippen molar-refractivity contribution in [1.29, 1.82) is 0 Å². The highest BCUT2D eigenvalue weighted by Crippen LogP contribution is 1.95. The van der Waals surface area contributed by atoms with Gasteiger partial charge >= 0.3 is 0 Å². The Balaban J connectivity index is 0. The number of quaternary nitrogens is 1. The molecule has 0 saturated carbocycles. The molecule has 0 radical (unpaired) electrons. The topological polar surface area (TPSA) is 98.1 Å². The number of carbonyl (C=O) groups is 1. The Labute approximate surface area is 105 Å². The van der Waals surface area contributed by atoms with Crippen molar-refractivity contribution >= 4 is 11.7 Å². The second-order valence-electron chi connectivity index (χ2n) is 5.18. The van der Waals surface area contributed by atoms with Crippen molar-refractivity contribution in [2.45, 2.75) is 52.1 Å². The third-order valence-electron chi connectivity index (χ3n) is 2.07. The molecular formula is C12H28N4O. The quantitative estimate of drug-likeness (QED) is 0.270. The van der Waals surface area contributed by atoms with Crippen LogP contribution in [0, 0.1) is 7.43 Å². The first-order valence-corrected chi connectivity index (χ1v) is 5.64. The van der Waals surface area contributed by atoms with Gasteiger partial charge in [0.15, 0.2) is 0 Å². The first-order chi connectivity index (χ1) is 7.22. The zero-order valence-electron chi connectivity index (χ0n) is 11.8. The summed E-state index contributed by atoms with van der Waals surface area (Å²) in [6.07, 6.45) is 1.46. The van der Waals surface area contributed by atoms with Crippen LogP contribution in [-0.4, -0.2) is 29.9 Å². The number of hydrogen-bond donors (Lipinski definition) is 3. The van der Waals surface area contributed by atoms with Crippen molar-refractivity contribution in [2.75, 3.05) is 6.54 Å². The van der Waals surface area contributed by atoms with E-state index in [1.54, 1.807) is 0 Å². The Kier molecular flexibility index (Phi) is 8.88. The van der Waals surface area contributed by atoms with Gasteiger partial charge in [0, 0.05) is 6.54 Å². The first kappa shape index (κ1) is 18.4. The molecule has 0 bridgehead atoms. The molecular weight excluding hydrogens is 216 g/mol. The van der Waals surface area contributed by atoms with Crippen LogP contribution in [0.25, 0.3) is 0 Å². The molecule has 0 aromatic rings. The van der Waals surface area contributed by atoms with Gasteiger partial charge in [-0.05, 0) is 40.5 Å². The van der Waals surface area contributed by atoms with Crippen LogP contribution in [0.2, 0.25) is 0 Å². The van der Waals surface area contributed by atoms with E-state index in [-0.39, 0.29) is 24.8 Å². The molecule has 5 heteroatoms. The molecule has 0 heterocycles. The number of nitrogens with two attached hydrogens (primary N) is 3. The second-order valence-corrected chi connectivity index (χ2v) is 5.18. The summed E-state index contributed by atoms with van der Waals surface area (Å²) in [5.74, 6) is 0.585. The lowest BCUT2D eigenvalue weighted by atomic mass is 10.1. The van der Waals surface area contributed by atoms with Crippen LogP contribution in [0.4, 0.5) is 0 Å². The van der Waals surface area contributed by atoms with E-state index in [9.17, 15) is 4.79 Å². The molecule has 102 valence electrons. The van der Waals surface area contributed by atoms with Crippen molar-refractivity contribution in [1.82, 2.24) is 0 Å². The lowest BCUT2D eigenvalue weighted by Crippen LogP contribution is -2.99. The summed E-state index contributed by atoms with van der Waals surface area (Å²) in [7, 11) is 0. The Morgan fingerprint density at radius 3 is 2.35 bits per heavy atom. The third kappa shape index (κ3) is 11.3. The molecule has 5 nitrogen and oxygen atoms in total. The minimum absolute atomic E-state index is 0. The summed E-state index contributed by atoms with van der Waals surface area (Å²) in [5.41, 5.74) is 11.4. The molecule has 0 aliphatic heterocycles. The third-order valence-corrected chi connectivity index (χ3v) is 2.07. The lowest BCUT2D eigenvalue weighted by Gasteiger charge is -2.15. The fourth-order valence-corrected chi connectivity index (χ4v) is 1.21. The molecule has 0 saturated heterocycles. The van der Waals surface area contributed by atoms with E-state index in [2.05, 4.69) is 25.8 Å². The number of ketones is 1. The summed E-state index contributed by atoms with van der Waals surface area (Å²) < 4.78 is 0. The lowest BCUT2D eigenvalue weighted by molar-refractivity contribution is -0.615. The predicted molar refractivity (Wildman–Crippen MR) is 72.5 cm³/mol. The largest absolute Gasteiger partial charge is 0.358 e. The van der Waals surface area contributed by atoms with Crippen molar-refractivity contribution in [3.63, 3.8) is 0 Å². The fraction of sp³-hybridized carbons (Fsp3) is 0.750. The van der Waals surface area contributed by atoms with E-state index in [0.717, 1.165) is 6.42 Å². The van der Waals surface area contributed by atoms with Crippen LogP contribution >= 0.6 is 0 Å². The van der Waals surface area contributed by atoms with Crippen LogP contribution in [0.1, 0.15) is 40.5 Å². The van der Waals surface area contributed by atoms with Gasteiger partial charge in [0.25, 0.3) is 5.96 Å². The van der Waals surface area contributed by atoms with Gasteiger partial charge in [-0.1, -0.05) is 0 Å². The summed E-state index contributed by atoms with van der Waals surface area (Å²) in [6, 6.07) is -0.358. The maximum Gasteiger partial charge on any atom is 0.292 e. The van der Waals surface area contributed by atoms with Crippen LogP contribution in [0.15, 0.2) is 4.99 Å². The molecule has 0 aliphatic carbocycles. The van der Waals surface area contributed by atoms with Crippen LogP contribution < -0.4 is 16.8 Å². The summed E-state index contributed by atoms with van der Waals surface area (Å²) in [4.78, 5) is 15.1. The number of carbonyl (C=O) groups excluding carboxylic acids is 1. The smallest absolute Gasteiger partial charge is 0.292 e. The zero-order chi connectivity index (χ0) is 12.8. The highest BCUT2D eigenvalue weighted by Gasteiger charge is 2.15. The normalized spacial score (nSPS) is 14.1. The van der Waals surface area contributed by atoms with Crippen molar-refractivity contribution < 1.29 is 10.1 Å². The van der Waals surface area contributed by atoms with Crippen molar-refractivity contribution in [3.05, 3.63) is 7.43 Å². The van der Waals surface area contributed by atoms with Crippen LogP contribution in [-0.2, 0) is 4.79 Å². The average Bonchev–Trinajstić information content (AvgIpc) is 2.08. The maximum atomic E-state index is 10.9. The van der Waals surface area contributed by atoms with Gasteiger partial charge in [-0.3, -0.25) is 10.1 Å². The molecule has 6 N–H and O–H groups in total. The molecule has 0 amide bonds. The van der Waals surface area contributed by atoms with Gasteiger partial charge in [0.2, 0.25) is 0 Å². The summed E-state index contributed by atoms with van der Waals surface area (Å²) >= 11 is 0. The van der Waals surface area contributed by atoms with Gasteiger partial charge in [-0.25, -0.2) is 4.99 Å². The molecule has 1 atom stereocenters. The van der Waals surface area contributed by atoms with Crippen molar-refractivity contribution in [2.24, 2.45) is 16.5 Å². The maximum absolute atomic E-state index is 10.9. The Bertz CT molecular complexity index is 256. The molecule has 17 heavy (non-hydrogen) atoms. The highest BCUT2D eigenvalue weighted by molar-refractivity contribution is 5.81. The summed E-state index contributed by atoms with van der Waals surface area (Å²) in [6.45, 7) is 8.35. The average molecular weight is 244 g/mol. The van der Waals surface area contributed by atoms with Gasteiger partial charge in [0.05, 0.1) is 11.6 Å². The second kappa shape index (κ2) is 8.20. The van der Waals surface area contributed by atoms with Gasteiger partial charge in [-0.2, -0.15) is 0 Å². The molecule has 0 rings (SSSR count). The highest BCUT2D eigenvalue weighted by atomic mass is 16.1. The number of hydrogen-bond acceptors (Lipinski definition) is 3. The first-order valence-electron chi connectivity index (χ1n) is 5.64. The predicted octanol–water partition coefficient (Wildman–Crippen LogP) is -0.190. The van der Waals surface area contributed by atoms with Crippen molar-refractivity contribution in [3.8, 4) is 0 Å². The van der Waals surface area contributed by atoms with E-state index in [0.29, 0.717) is 18.9 Å². The minimum atomic E-state index is -0.358. The summed E-state index contributed by atoms with van der Waals surface area (Å²) in [5, 5.41) is 1.93. The number of rotatable bonds is 5. The van der Waals surface area contributed by atoms with Crippen LogP contribution in [0.3, 0.4) is 0 Å². The van der Waals surface area contributed by atoms with Gasteiger partial charge in [0.1, 0.15) is 5.78 Å². The van der Waals surface area contributed by atoms with E-state index < -0.39 is 0 Å². The molecule has 1 unspecified atom stereocenters. The van der Waals surface area contributed by atoms with Gasteiger partial charge in [-0.15, -0.1) is 0 Å². The van der Waals surface area contributed by atoms with E-state index >= 15 is 0 Å². The number of guanidine groups is 1. The van der Waals surface area contributed by atoms with Gasteiger partial charge < -0.3 is 18.9 Å². The minimum Gasteiger partial charge on any atom is -0.358 e. The molecule has 0 aliphatic rings. The molecule has 0 spiro atoms. The monoisotopic (exact) mass is 244 g/mol. The standard InChI is InChI=1S/C11H24N4O.CH3/c1-8(16)9(12)6-5-7-14-10(13)15-11(2,3)4;/h9H,5-7,12H2,1-4H3,(H3,13,14,15);1H3/q;-1/p+1. The Morgan fingerprint density at radius 1 is 1.41 bits per heavy atom. The number of aliphatic imine (C=N–C) groups is 1. The molecule has 0 fully saturated rings. The number of Topliss-reactive ketones (excluding diaryl/α,β-unsaturated/α-hetero) is 1. The van der Waals surface area contributed by atoms with Crippen LogP contribution in [0.5, 0.6) is 0 Å². The van der Waals surface area contributed by atoms with E-state index in [1.807, 2.05) is 5.32 Å². The Hall–Kier alpha value is -0.940. The van der Waals surface area contributed by atoms with E-state index in [1.165, 1.54) is 6.92 Å². The molecule has 0 aromatic heterocycles. The fourth-order valence-electron chi connectivity index (χ4n) is 1.21.